The minimum atomic E-state index is -0.351. The van der Waals surface area contributed by atoms with E-state index in [9.17, 15) is 9.59 Å². The van der Waals surface area contributed by atoms with Crippen molar-refractivity contribution in [3.8, 4) is 0 Å². The van der Waals surface area contributed by atoms with Gasteiger partial charge in [-0.1, -0.05) is 20.8 Å². The first kappa shape index (κ1) is 15.0. The van der Waals surface area contributed by atoms with E-state index < -0.39 is 0 Å². The Morgan fingerprint density at radius 2 is 2.10 bits per heavy atom. The standard InChI is InChI=1S/C15H21NO3S/c1-8(2)13(17)16-14-12(15(18)19-4)10-6-5-9(3)7-11(10)20-14/h8-9H,5-7H2,1-4H3,(H,16,17). The van der Waals surface area contributed by atoms with Crippen molar-refractivity contribution in [2.75, 3.05) is 12.4 Å². The highest BCUT2D eigenvalue weighted by molar-refractivity contribution is 7.17. The van der Waals surface area contributed by atoms with Gasteiger partial charge in [-0.15, -0.1) is 11.3 Å². The fourth-order valence-electron chi connectivity index (χ4n) is 2.41. The maximum absolute atomic E-state index is 12.0. The number of fused-ring (bicyclic) bond motifs is 1. The lowest BCUT2D eigenvalue weighted by molar-refractivity contribution is -0.118. The number of rotatable bonds is 3. The maximum atomic E-state index is 12.0. The molecule has 1 aromatic heterocycles. The van der Waals surface area contributed by atoms with E-state index in [1.54, 1.807) is 0 Å². The minimum absolute atomic E-state index is 0.0678. The molecule has 1 aliphatic carbocycles. The van der Waals surface area contributed by atoms with Crippen molar-refractivity contribution >= 4 is 28.2 Å². The van der Waals surface area contributed by atoms with Crippen LogP contribution in [0.5, 0.6) is 0 Å². The molecule has 1 unspecified atom stereocenters. The normalized spacial score (nSPS) is 17.8. The average molecular weight is 295 g/mol. The van der Waals surface area contributed by atoms with Gasteiger partial charge in [0.1, 0.15) is 5.00 Å². The van der Waals surface area contributed by atoms with Crippen LogP contribution in [0.4, 0.5) is 5.00 Å². The molecule has 20 heavy (non-hydrogen) atoms. The zero-order chi connectivity index (χ0) is 14.9. The fraction of sp³-hybridized carbons (Fsp3) is 0.600. The largest absolute Gasteiger partial charge is 0.465 e. The first-order chi connectivity index (χ1) is 9.43. The van der Waals surface area contributed by atoms with E-state index in [-0.39, 0.29) is 17.8 Å². The first-order valence-electron chi connectivity index (χ1n) is 6.97. The van der Waals surface area contributed by atoms with Crippen LogP contribution in [0.15, 0.2) is 0 Å². The van der Waals surface area contributed by atoms with Crippen LogP contribution in [0.2, 0.25) is 0 Å². The molecule has 0 spiro atoms. The lowest BCUT2D eigenvalue weighted by Gasteiger charge is -2.18. The van der Waals surface area contributed by atoms with Gasteiger partial charge in [-0.3, -0.25) is 4.79 Å². The molecule has 0 fully saturated rings. The summed E-state index contributed by atoms with van der Waals surface area (Å²) in [6, 6.07) is 0. The zero-order valence-electron chi connectivity index (χ0n) is 12.4. The van der Waals surface area contributed by atoms with E-state index in [1.807, 2.05) is 13.8 Å². The van der Waals surface area contributed by atoms with E-state index >= 15 is 0 Å². The predicted octanol–water partition coefficient (Wildman–Crippen LogP) is 3.25. The number of carbonyl (C=O) groups excluding carboxylic acids is 2. The highest BCUT2D eigenvalue weighted by Gasteiger charge is 2.29. The quantitative estimate of drug-likeness (QED) is 0.871. The summed E-state index contributed by atoms with van der Waals surface area (Å²) < 4.78 is 4.89. The number of methoxy groups -OCH3 is 1. The number of nitrogens with one attached hydrogen (secondary N) is 1. The molecule has 110 valence electrons. The molecule has 5 heteroatoms. The fourth-order valence-corrected chi connectivity index (χ4v) is 3.81. The molecule has 1 heterocycles. The van der Waals surface area contributed by atoms with Crippen LogP contribution in [-0.2, 0) is 22.4 Å². The van der Waals surface area contributed by atoms with Gasteiger partial charge in [0.2, 0.25) is 5.91 Å². The number of thiophene rings is 1. The molecule has 0 saturated heterocycles. The number of carbonyl (C=O) groups is 2. The van der Waals surface area contributed by atoms with E-state index in [0.29, 0.717) is 16.5 Å². The van der Waals surface area contributed by atoms with Crippen LogP contribution >= 0.6 is 11.3 Å². The highest BCUT2D eigenvalue weighted by atomic mass is 32.1. The summed E-state index contributed by atoms with van der Waals surface area (Å²) in [5, 5.41) is 3.52. The predicted molar refractivity (Wildman–Crippen MR) is 80.3 cm³/mol. The van der Waals surface area contributed by atoms with Crippen molar-refractivity contribution in [2.24, 2.45) is 11.8 Å². The molecule has 0 saturated carbocycles. The van der Waals surface area contributed by atoms with Crippen LogP contribution < -0.4 is 5.32 Å². The van der Waals surface area contributed by atoms with Crippen molar-refractivity contribution in [2.45, 2.75) is 40.0 Å². The number of anilines is 1. The van der Waals surface area contributed by atoms with Gasteiger partial charge in [0.25, 0.3) is 0 Å². The van der Waals surface area contributed by atoms with Crippen LogP contribution in [0.1, 0.15) is 48.0 Å². The topological polar surface area (TPSA) is 55.4 Å². The summed E-state index contributed by atoms with van der Waals surface area (Å²) in [4.78, 5) is 25.1. The molecule has 2 rings (SSSR count). The zero-order valence-corrected chi connectivity index (χ0v) is 13.2. The lowest BCUT2D eigenvalue weighted by atomic mass is 9.88. The Kier molecular flexibility index (Phi) is 4.48. The third-order valence-electron chi connectivity index (χ3n) is 3.66. The number of ether oxygens (including phenoxy) is 1. The average Bonchev–Trinajstić information content (AvgIpc) is 2.74. The van der Waals surface area contributed by atoms with Gasteiger partial charge < -0.3 is 10.1 Å². The van der Waals surface area contributed by atoms with E-state index in [1.165, 1.54) is 23.3 Å². The Labute approximate surface area is 123 Å². The summed E-state index contributed by atoms with van der Waals surface area (Å²) in [5.41, 5.74) is 1.63. The molecule has 1 amide bonds. The number of amides is 1. The monoisotopic (exact) mass is 295 g/mol. The third kappa shape index (κ3) is 2.87. The minimum Gasteiger partial charge on any atom is -0.465 e. The molecule has 1 aliphatic rings. The second kappa shape index (κ2) is 5.95. The smallest absolute Gasteiger partial charge is 0.341 e. The number of hydrogen-bond acceptors (Lipinski definition) is 4. The molecule has 0 bridgehead atoms. The highest BCUT2D eigenvalue weighted by Crippen LogP contribution is 2.40. The SMILES string of the molecule is COC(=O)c1c(NC(=O)C(C)C)sc2c1CCC(C)C2. The molecule has 0 radical (unpaired) electrons. The Balaban J connectivity index is 2.40. The van der Waals surface area contributed by atoms with Crippen LogP contribution in [-0.4, -0.2) is 19.0 Å². The number of hydrogen-bond donors (Lipinski definition) is 1. The molecule has 1 aromatic rings. The van der Waals surface area contributed by atoms with Gasteiger partial charge in [0.15, 0.2) is 0 Å². The van der Waals surface area contributed by atoms with Crippen molar-refractivity contribution in [3.05, 3.63) is 16.0 Å². The second-order valence-corrected chi connectivity index (χ2v) is 6.80. The molecule has 0 aromatic carbocycles. The molecule has 0 aliphatic heterocycles. The van der Waals surface area contributed by atoms with E-state index in [0.717, 1.165) is 24.8 Å². The Hall–Kier alpha value is -1.36. The summed E-state index contributed by atoms with van der Waals surface area (Å²) in [5.74, 6) is 0.0942. The molecule has 1 atom stereocenters. The maximum Gasteiger partial charge on any atom is 0.341 e. The summed E-state index contributed by atoms with van der Waals surface area (Å²) in [6.07, 6.45) is 2.93. The molecule has 4 nitrogen and oxygen atoms in total. The van der Waals surface area contributed by atoms with E-state index in [4.69, 9.17) is 4.74 Å². The molecule has 1 N–H and O–H groups in total. The molecular formula is C15H21NO3S. The summed E-state index contributed by atoms with van der Waals surface area (Å²) in [6.45, 7) is 5.89. The van der Waals surface area contributed by atoms with Crippen molar-refractivity contribution in [3.63, 3.8) is 0 Å². The van der Waals surface area contributed by atoms with Gasteiger partial charge in [-0.25, -0.2) is 4.79 Å². The van der Waals surface area contributed by atoms with Crippen molar-refractivity contribution in [1.82, 2.24) is 0 Å². The summed E-state index contributed by atoms with van der Waals surface area (Å²) >= 11 is 1.52. The van der Waals surface area contributed by atoms with Crippen molar-refractivity contribution < 1.29 is 14.3 Å². The first-order valence-corrected chi connectivity index (χ1v) is 7.79. The van der Waals surface area contributed by atoms with Gasteiger partial charge in [-0.2, -0.15) is 0 Å². The van der Waals surface area contributed by atoms with E-state index in [2.05, 4.69) is 12.2 Å². The number of esters is 1. The van der Waals surface area contributed by atoms with Crippen molar-refractivity contribution in [1.29, 1.82) is 0 Å². The van der Waals surface area contributed by atoms with Gasteiger partial charge in [0.05, 0.1) is 12.7 Å². The third-order valence-corrected chi connectivity index (χ3v) is 4.83. The van der Waals surface area contributed by atoms with Crippen LogP contribution in [0.25, 0.3) is 0 Å². The Bertz CT molecular complexity index is 533. The Morgan fingerprint density at radius 1 is 1.40 bits per heavy atom. The van der Waals surface area contributed by atoms with Gasteiger partial charge in [-0.05, 0) is 30.7 Å². The molecular weight excluding hydrogens is 274 g/mol. The lowest BCUT2D eigenvalue weighted by Crippen LogP contribution is -2.19. The second-order valence-electron chi connectivity index (χ2n) is 5.69. The Morgan fingerprint density at radius 3 is 2.70 bits per heavy atom. The van der Waals surface area contributed by atoms with Crippen LogP contribution in [0, 0.1) is 11.8 Å². The van der Waals surface area contributed by atoms with Gasteiger partial charge >= 0.3 is 5.97 Å². The summed E-state index contributed by atoms with van der Waals surface area (Å²) in [7, 11) is 1.38. The van der Waals surface area contributed by atoms with Crippen LogP contribution in [0.3, 0.4) is 0 Å². The van der Waals surface area contributed by atoms with Gasteiger partial charge in [0, 0.05) is 10.8 Å².